The number of aromatic nitrogens is 1. The molecule has 6 heteroatoms. The quantitative estimate of drug-likeness (QED) is 0.732. The van der Waals surface area contributed by atoms with E-state index < -0.39 is 11.9 Å². The molecule has 0 bridgehead atoms. The minimum Gasteiger partial charge on any atom is -0.481 e. The molecule has 1 amide bonds. The molecule has 5 nitrogen and oxygen atoms in total. The summed E-state index contributed by atoms with van der Waals surface area (Å²) in [6.45, 7) is 2.11. The second-order valence-corrected chi connectivity index (χ2v) is 6.80. The predicted octanol–water partition coefficient (Wildman–Crippen LogP) is 2.83. The van der Waals surface area contributed by atoms with E-state index in [-0.39, 0.29) is 12.5 Å². The van der Waals surface area contributed by atoms with Gasteiger partial charge < -0.3 is 10.4 Å². The van der Waals surface area contributed by atoms with Gasteiger partial charge in [-0.15, -0.1) is 11.3 Å². The average Bonchev–Trinajstić information content (AvgIpc) is 2.97. The summed E-state index contributed by atoms with van der Waals surface area (Å²) in [5.41, 5.74) is 1.97. The molecule has 1 heterocycles. The first kappa shape index (κ1) is 18.1. The van der Waals surface area contributed by atoms with E-state index in [0.717, 1.165) is 22.7 Å². The lowest BCUT2D eigenvalue weighted by atomic mass is 9.99. The van der Waals surface area contributed by atoms with Gasteiger partial charge in [0.05, 0.1) is 16.6 Å². The van der Waals surface area contributed by atoms with E-state index >= 15 is 0 Å². The Morgan fingerprint density at radius 3 is 2.67 bits per heavy atom. The Balaban J connectivity index is 1.72. The fourth-order valence-corrected chi connectivity index (χ4v) is 3.07. The van der Waals surface area contributed by atoms with Crippen LogP contribution >= 0.6 is 11.3 Å². The number of aryl methyl sites for hydroxylation is 2. The number of benzene rings is 1. The largest absolute Gasteiger partial charge is 0.481 e. The van der Waals surface area contributed by atoms with Crippen molar-refractivity contribution in [2.24, 2.45) is 5.92 Å². The van der Waals surface area contributed by atoms with Crippen molar-refractivity contribution in [1.29, 1.82) is 0 Å². The lowest BCUT2D eigenvalue weighted by molar-refractivity contribution is -0.141. The van der Waals surface area contributed by atoms with E-state index in [1.54, 1.807) is 11.3 Å². The number of rotatable bonds is 9. The highest BCUT2D eigenvalue weighted by atomic mass is 32.1. The number of thiazole rings is 1. The molecule has 1 atom stereocenters. The van der Waals surface area contributed by atoms with Gasteiger partial charge in [-0.05, 0) is 31.7 Å². The Morgan fingerprint density at radius 2 is 2.04 bits per heavy atom. The first-order valence-corrected chi connectivity index (χ1v) is 8.87. The van der Waals surface area contributed by atoms with Crippen LogP contribution in [-0.2, 0) is 22.4 Å². The van der Waals surface area contributed by atoms with Gasteiger partial charge in [0.2, 0.25) is 5.91 Å². The van der Waals surface area contributed by atoms with Crippen LogP contribution in [0.3, 0.4) is 0 Å². The van der Waals surface area contributed by atoms with E-state index in [2.05, 4.69) is 10.3 Å². The molecular formula is C18H22N2O3S. The molecule has 0 aliphatic carbocycles. The third-order valence-corrected chi connectivity index (χ3v) is 4.55. The SMILES string of the molecule is Cc1nc(CCCC(=O)NCC(Cc2ccccc2)C(=O)O)cs1. The number of carbonyl (C=O) groups is 2. The number of carboxylic acids is 1. The number of carboxylic acid groups (broad SMARTS) is 1. The molecule has 1 aromatic heterocycles. The first-order valence-electron chi connectivity index (χ1n) is 7.99. The molecular weight excluding hydrogens is 324 g/mol. The van der Waals surface area contributed by atoms with Crippen LogP contribution in [0.4, 0.5) is 0 Å². The lowest BCUT2D eigenvalue weighted by Gasteiger charge is -2.13. The van der Waals surface area contributed by atoms with E-state index in [0.29, 0.717) is 19.3 Å². The highest BCUT2D eigenvalue weighted by Crippen LogP contribution is 2.11. The van der Waals surface area contributed by atoms with Gasteiger partial charge >= 0.3 is 5.97 Å². The van der Waals surface area contributed by atoms with Crippen LogP contribution in [0, 0.1) is 12.8 Å². The van der Waals surface area contributed by atoms with Gasteiger partial charge in [0.15, 0.2) is 0 Å². The van der Waals surface area contributed by atoms with Crippen LogP contribution in [0.2, 0.25) is 0 Å². The lowest BCUT2D eigenvalue weighted by Crippen LogP contribution is -2.34. The Morgan fingerprint density at radius 1 is 1.29 bits per heavy atom. The van der Waals surface area contributed by atoms with Crippen molar-refractivity contribution in [3.8, 4) is 0 Å². The van der Waals surface area contributed by atoms with Gasteiger partial charge in [-0.3, -0.25) is 9.59 Å². The average molecular weight is 346 g/mol. The molecule has 2 rings (SSSR count). The number of nitrogens with one attached hydrogen (secondary N) is 1. The molecule has 2 N–H and O–H groups in total. The number of nitrogens with zero attached hydrogens (tertiary/aromatic N) is 1. The third-order valence-electron chi connectivity index (χ3n) is 3.72. The molecule has 0 radical (unpaired) electrons. The van der Waals surface area contributed by atoms with Gasteiger partial charge in [-0.1, -0.05) is 30.3 Å². The maximum Gasteiger partial charge on any atom is 0.308 e. The summed E-state index contributed by atoms with van der Waals surface area (Å²) >= 11 is 1.60. The van der Waals surface area contributed by atoms with E-state index in [1.807, 2.05) is 42.6 Å². The highest BCUT2D eigenvalue weighted by Gasteiger charge is 2.18. The predicted molar refractivity (Wildman–Crippen MR) is 94.1 cm³/mol. The van der Waals surface area contributed by atoms with Crippen LogP contribution in [0.15, 0.2) is 35.7 Å². The summed E-state index contributed by atoms with van der Waals surface area (Å²) in [5, 5.41) is 15.1. The normalized spacial score (nSPS) is 11.9. The zero-order valence-electron chi connectivity index (χ0n) is 13.7. The van der Waals surface area contributed by atoms with E-state index in [9.17, 15) is 14.7 Å². The Bertz CT molecular complexity index is 670. The molecule has 1 unspecified atom stereocenters. The Labute approximate surface area is 145 Å². The number of amides is 1. The monoisotopic (exact) mass is 346 g/mol. The van der Waals surface area contributed by atoms with Gasteiger partial charge in [0, 0.05) is 18.3 Å². The second-order valence-electron chi connectivity index (χ2n) is 5.74. The molecule has 0 aliphatic heterocycles. The number of hydrogen-bond donors (Lipinski definition) is 2. The van der Waals surface area contributed by atoms with Crippen molar-refractivity contribution < 1.29 is 14.7 Å². The van der Waals surface area contributed by atoms with Crippen molar-refractivity contribution in [2.75, 3.05) is 6.54 Å². The van der Waals surface area contributed by atoms with Gasteiger partial charge in [0.25, 0.3) is 0 Å². The molecule has 0 saturated heterocycles. The standard InChI is InChI=1S/C18H22N2O3S/c1-13-20-16(12-24-13)8-5-9-17(21)19-11-15(18(22)23)10-14-6-3-2-4-7-14/h2-4,6-7,12,15H,5,8-11H2,1H3,(H,19,21)(H,22,23). The van der Waals surface area contributed by atoms with Crippen LogP contribution in [0.1, 0.15) is 29.1 Å². The van der Waals surface area contributed by atoms with Crippen LogP contribution in [0.5, 0.6) is 0 Å². The summed E-state index contributed by atoms with van der Waals surface area (Å²) in [7, 11) is 0. The van der Waals surface area contributed by atoms with Crippen LogP contribution < -0.4 is 5.32 Å². The molecule has 2 aromatic rings. The van der Waals surface area contributed by atoms with Gasteiger partial charge in [0.1, 0.15) is 0 Å². The molecule has 0 aliphatic rings. The second kappa shape index (κ2) is 9.17. The van der Waals surface area contributed by atoms with Crippen molar-refractivity contribution >= 4 is 23.2 Å². The number of carbonyl (C=O) groups excluding carboxylic acids is 1. The summed E-state index contributed by atoms with van der Waals surface area (Å²) in [6.07, 6.45) is 2.28. The number of aliphatic carboxylic acids is 1. The summed E-state index contributed by atoms with van der Waals surface area (Å²) < 4.78 is 0. The molecule has 0 fully saturated rings. The Hall–Kier alpha value is -2.21. The molecule has 1 aromatic carbocycles. The summed E-state index contributed by atoms with van der Waals surface area (Å²) in [5.74, 6) is -1.61. The van der Waals surface area contributed by atoms with Crippen LogP contribution in [0.25, 0.3) is 0 Å². The molecule has 0 saturated carbocycles. The van der Waals surface area contributed by atoms with Gasteiger partial charge in [-0.25, -0.2) is 4.98 Å². The molecule has 128 valence electrons. The summed E-state index contributed by atoms with van der Waals surface area (Å²) in [6, 6.07) is 9.45. The Kier molecular flexibility index (Phi) is 6.93. The maximum absolute atomic E-state index is 11.9. The van der Waals surface area contributed by atoms with Crippen LogP contribution in [-0.4, -0.2) is 28.5 Å². The third kappa shape index (κ3) is 6.12. The van der Waals surface area contributed by atoms with Gasteiger partial charge in [-0.2, -0.15) is 0 Å². The topological polar surface area (TPSA) is 79.3 Å². The zero-order valence-corrected chi connectivity index (χ0v) is 14.5. The number of hydrogen-bond acceptors (Lipinski definition) is 4. The fourth-order valence-electron chi connectivity index (χ4n) is 2.42. The van der Waals surface area contributed by atoms with Crippen molar-refractivity contribution in [3.05, 3.63) is 52.0 Å². The summed E-state index contributed by atoms with van der Waals surface area (Å²) in [4.78, 5) is 27.6. The first-order chi connectivity index (χ1) is 11.5. The maximum atomic E-state index is 11.9. The zero-order chi connectivity index (χ0) is 17.4. The smallest absolute Gasteiger partial charge is 0.308 e. The van der Waals surface area contributed by atoms with Crippen molar-refractivity contribution in [1.82, 2.24) is 10.3 Å². The highest BCUT2D eigenvalue weighted by molar-refractivity contribution is 7.09. The molecule has 24 heavy (non-hydrogen) atoms. The van der Waals surface area contributed by atoms with E-state index in [4.69, 9.17) is 0 Å². The minimum absolute atomic E-state index is 0.110. The van der Waals surface area contributed by atoms with Crippen molar-refractivity contribution in [3.63, 3.8) is 0 Å². The fraction of sp³-hybridized carbons (Fsp3) is 0.389. The van der Waals surface area contributed by atoms with E-state index in [1.165, 1.54) is 0 Å². The van der Waals surface area contributed by atoms with Crippen molar-refractivity contribution in [2.45, 2.75) is 32.6 Å². The molecule has 0 spiro atoms. The minimum atomic E-state index is -0.892.